The first-order valence-electron chi connectivity index (χ1n) is 9.76. The van der Waals surface area contributed by atoms with Crippen molar-refractivity contribution >= 4 is 11.9 Å². The summed E-state index contributed by atoms with van der Waals surface area (Å²) in [6.45, 7) is 4.84. The lowest BCUT2D eigenvalue weighted by molar-refractivity contribution is -0.136. The molecule has 1 aromatic rings. The van der Waals surface area contributed by atoms with Crippen LogP contribution in [-0.2, 0) is 9.53 Å². The highest BCUT2D eigenvalue weighted by Gasteiger charge is 2.27. The van der Waals surface area contributed by atoms with Gasteiger partial charge in [0.2, 0.25) is 5.91 Å². The summed E-state index contributed by atoms with van der Waals surface area (Å²) in [4.78, 5) is 30.4. The topological polar surface area (TPSA) is 78.3 Å². The molecule has 2 fully saturated rings. The van der Waals surface area contributed by atoms with E-state index < -0.39 is 0 Å². The van der Waals surface area contributed by atoms with E-state index in [2.05, 4.69) is 10.2 Å². The van der Waals surface area contributed by atoms with Gasteiger partial charge in [-0.3, -0.25) is 9.69 Å². The van der Waals surface area contributed by atoms with Crippen LogP contribution in [0.2, 0.25) is 0 Å². The van der Waals surface area contributed by atoms with E-state index in [-0.39, 0.29) is 24.6 Å². The van der Waals surface area contributed by atoms with Crippen LogP contribution < -0.4 is 5.32 Å². The van der Waals surface area contributed by atoms with Crippen LogP contribution in [0.3, 0.4) is 0 Å². The van der Waals surface area contributed by atoms with Crippen molar-refractivity contribution in [1.82, 2.24) is 20.0 Å². The summed E-state index contributed by atoms with van der Waals surface area (Å²) in [6.07, 6.45) is 5.31. The number of urea groups is 1. The summed E-state index contributed by atoms with van der Waals surface area (Å²) in [7, 11) is 1.51. The molecule has 0 radical (unpaired) electrons. The number of amides is 3. The largest absolute Gasteiger partial charge is 0.468 e. The number of carbonyl (C=O) groups is 2. The van der Waals surface area contributed by atoms with Crippen molar-refractivity contribution in [3.63, 3.8) is 0 Å². The maximum atomic E-state index is 12.6. The van der Waals surface area contributed by atoms with Crippen molar-refractivity contribution in [3.05, 3.63) is 24.2 Å². The summed E-state index contributed by atoms with van der Waals surface area (Å²) in [5.41, 5.74) is 0. The molecule has 0 saturated carbocycles. The summed E-state index contributed by atoms with van der Waals surface area (Å²) in [5, 5.41) is 3.06. The van der Waals surface area contributed by atoms with Crippen molar-refractivity contribution in [3.8, 4) is 0 Å². The molecule has 3 amide bonds. The number of hydrogen-bond acceptors (Lipinski definition) is 5. The molecule has 0 bridgehead atoms. The lowest BCUT2D eigenvalue weighted by Crippen LogP contribution is -2.54. The van der Waals surface area contributed by atoms with E-state index >= 15 is 0 Å². The first-order chi connectivity index (χ1) is 13.2. The molecule has 1 unspecified atom stereocenters. The van der Waals surface area contributed by atoms with Gasteiger partial charge in [-0.05, 0) is 38.1 Å². The van der Waals surface area contributed by atoms with Crippen molar-refractivity contribution in [2.75, 3.05) is 59.5 Å². The smallest absolute Gasteiger partial charge is 0.317 e. The number of hydrogen-bond donors (Lipinski definition) is 1. The van der Waals surface area contributed by atoms with E-state index in [1.807, 2.05) is 12.1 Å². The fourth-order valence-electron chi connectivity index (χ4n) is 3.79. The Labute approximate surface area is 160 Å². The Hall–Kier alpha value is -2.06. The summed E-state index contributed by atoms with van der Waals surface area (Å²) in [5.74, 6) is 0.868. The predicted molar refractivity (Wildman–Crippen MR) is 100 cm³/mol. The normalized spacial score (nSPS) is 19.7. The third kappa shape index (κ3) is 5.23. The van der Waals surface area contributed by atoms with Gasteiger partial charge in [0.25, 0.3) is 0 Å². The summed E-state index contributed by atoms with van der Waals surface area (Å²) >= 11 is 0. The van der Waals surface area contributed by atoms with Gasteiger partial charge in [-0.15, -0.1) is 0 Å². The molecule has 3 rings (SSSR count). The van der Waals surface area contributed by atoms with Gasteiger partial charge in [-0.2, -0.15) is 0 Å². The van der Waals surface area contributed by atoms with Crippen LogP contribution in [0.4, 0.5) is 4.79 Å². The third-order valence-corrected chi connectivity index (χ3v) is 5.34. The molecule has 27 heavy (non-hydrogen) atoms. The average Bonchev–Trinajstić information content (AvgIpc) is 3.23. The molecule has 0 aliphatic carbocycles. The number of methoxy groups -OCH3 is 1. The summed E-state index contributed by atoms with van der Waals surface area (Å²) < 4.78 is 10.5. The van der Waals surface area contributed by atoms with Crippen molar-refractivity contribution in [2.24, 2.45) is 0 Å². The molecule has 8 nitrogen and oxygen atoms in total. The fraction of sp³-hybridized carbons (Fsp3) is 0.684. The van der Waals surface area contributed by atoms with Crippen molar-refractivity contribution in [1.29, 1.82) is 0 Å². The molecule has 1 atom stereocenters. The minimum Gasteiger partial charge on any atom is -0.468 e. The van der Waals surface area contributed by atoms with Gasteiger partial charge in [0.15, 0.2) is 0 Å². The zero-order valence-corrected chi connectivity index (χ0v) is 16.1. The Morgan fingerprint density at radius 3 is 2.44 bits per heavy atom. The SMILES string of the molecule is COCC(=O)N1CCN(C(=O)NCC(c2ccco2)N2CCCCC2)CC1. The number of rotatable bonds is 6. The monoisotopic (exact) mass is 378 g/mol. The fourth-order valence-corrected chi connectivity index (χ4v) is 3.79. The number of piperidine rings is 1. The van der Waals surface area contributed by atoms with Crippen molar-refractivity contribution in [2.45, 2.75) is 25.3 Å². The van der Waals surface area contributed by atoms with E-state index in [1.165, 1.54) is 26.4 Å². The van der Waals surface area contributed by atoms with Crippen molar-refractivity contribution < 1.29 is 18.7 Å². The predicted octanol–water partition coefficient (Wildman–Crippen LogP) is 1.31. The van der Waals surface area contributed by atoms with Gasteiger partial charge in [-0.25, -0.2) is 4.79 Å². The van der Waals surface area contributed by atoms with E-state index in [0.29, 0.717) is 32.7 Å². The van der Waals surface area contributed by atoms with Gasteiger partial charge >= 0.3 is 6.03 Å². The minimum absolute atomic E-state index is 0.0273. The molecular weight excluding hydrogens is 348 g/mol. The zero-order chi connectivity index (χ0) is 19.1. The van der Waals surface area contributed by atoms with E-state index in [4.69, 9.17) is 9.15 Å². The van der Waals surface area contributed by atoms with Gasteiger partial charge in [0, 0.05) is 39.8 Å². The molecule has 0 aromatic carbocycles. The Kier molecular flexibility index (Phi) is 7.11. The number of furan rings is 1. The van der Waals surface area contributed by atoms with Gasteiger partial charge < -0.3 is 24.3 Å². The number of nitrogens with one attached hydrogen (secondary N) is 1. The van der Waals surface area contributed by atoms with E-state index in [1.54, 1.807) is 16.1 Å². The van der Waals surface area contributed by atoms with Crippen LogP contribution in [0.25, 0.3) is 0 Å². The lowest BCUT2D eigenvalue weighted by Gasteiger charge is -2.36. The van der Waals surface area contributed by atoms with Crippen LogP contribution in [-0.4, -0.2) is 86.2 Å². The van der Waals surface area contributed by atoms with Crippen LogP contribution >= 0.6 is 0 Å². The Morgan fingerprint density at radius 1 is 1.11 bits per heavy atom. The number of nitrogens with zero attached hydrogens (tertiary/aromatic N) is 3. The molecule has 2 aliphatic heterocycles. The Balaban J connectivity index is 1.50. The number of piperazine rings is 1. The first-order valence-corrected chi connectivity index (χ1v) is 9.76. The highest BCUT2D eigenvalue weighted by Crippen LogP contribution is 2.24. The number of ether oxygens (including phenoxy) is 1. The maximum Gasteiger partial charge on any atom is 0.317 e. The summed E-state index contributed by atoms with van der Waals surface area (Å²) in [6, 6.07) is 3.85. The molecule has 8 heteroatoms. The molecule has 2 saturated heterocycles. The van der Waals surface area contributed by atoms with Crippen LogP contribution in [0, 0.1) is 0 Å². The standard InChI is InChI=1S/C19H30N4O4/c1-26-15-18(24)22-9-11-23(12-10-22)19(25)20-14-16(17-6-5-13-27-17)21-7-3-2-4-8-21/h5-6,13,16H,2-4,7-12,14-15H2,1H3,(H,20,25). The molecule has 3 heterocycles. The highest BCUT2D eigenvalue weighted by atomic mass is 16.5. The van der Waals surface area contributed by atoms with E-state index in [0.717, 1.165) is 18.8 Å². The van der Waals surface area contributed by atoms with E-state index in [9.17, 15) is 9.59 Å². The Bertz CT molecular complexity index is 593. The number of likely N-dealkylation sites (tertiary alicyclic amines) is 1. The van der Waals surface area contributed by atoms with Gasteiger partial charge in [-0.1, -0.05) is 6.42 Å². The Morgan fingerprint density at radius 2 is 1.81 bits per heavy atom. The minimum atomic E-state index is -0.0811. The first kappa shape index (κ1) is 19.7. The van der Waals surface area contributed by atoms with Crippen LogP contribution in [0.15, 0.2) is 22.8 Å². The molecular formula is C19H30N4O4. The highest BCUT2D eigenvalue weighted by molar-refractivity contribution is 5.78. The lowest BCUT2D eigenvalue weighted by atomic mass is 10.1. The zero-order valence-electron chi connectivity index (χ0n) is 16.1. The maximum absolute atomic E-state index is 12.6. The second-order valence-electron chi connectivity index (χ2n) is 7.11. The second-order valence-corrected chi connectivity index (χ2v) is 7.11. The number of carbonyl (C=O) groups excluding carboxylic acids is 2. The molecule has 1 N–H and O–H groups in total. The van der Waals surface area contributed by atoms with Gasteiger partial charge in [0.1, 0.15) is 12.4 Å². The molecule has 2 aliphatic rings. The average molecular weight is 378 g/mol. The molecule has 0 spiro atoms. The quantitative estimate of drug-likeness (QED) is 0.807. The van der Waals surface area contributed by atoms with Crippen LogP contribution in [0.5, 0.6) is 0 Å². The van der Waals surface area contributed by atoms with Gasteiger partial charge in [0.05, 0.1) is 12.3 Å². The second kappa shape index (κ2) is 9.75. The molecule has 1 aromatic heterocycles. The third-order valence-electron chi connectivity index (χ3n) is 5.34. The molecule has 150 valence electrons. The van der Waals surface area contributed by atoms with Crippen LogP contribution in [0.1, 0.15) is 31.1 Å².